The second kappa shape index (κ2) is 6.88. The van der Waals surface area contributed by atoms with Crippen LogP contribution >= 0.6 is 0 Å². The molecule has 0 saturated heterocycles. The number of aryl methyl sites for hydroxylation is 1. The molecule has 1 unspecified atom stereocenters. The summed E-state index contributed by atoms with van der Waals surface area (Å²) in [6, 6.07) is 0. The van der Waals surface area contributed by atoms with Gasteiger partial charge in [0.05, 0.1) is 6.10 Å². The Kier molecular flexibility index (Phi) is 5.77. The molecule has 0 aromatic carbocycles. The Labute approximate surface area is 113 Å². The van der Waals surface area contributed by atoms with Gasteiger partial charge < -0.3 is 10.8 Å². The number of nitrogens with two attached hydrogens (primary N) is 1. The first kappa shape index (κ1) is 15.9. The maximum atomic E-state index is 12.0. The third kappa shape index (κ3) is 4.48. The predicted molar refractivity (Wildman–Crippen MR) is 73.0 cm³/mol. The van der Waals surface area contributed by atoms with Crippen LogP contribution in [0.1, 0.15) is 33.1 Å². The molecule has 7 nitrogen and oxygen atoms in total. The van der Waals surface area contributed by atoms with Crippen LogP contribution in [0, 0.1) is 0 Å². The highest BCUT2D eigenvalue weighted by molar-refractivity contribution is 7.89. The first-order valence-corrected chi connectivity index (χ1v) is 7.89. The first-order chi connectivity index (χ1) is 8.90. The number of nitrogen functional groups attached to an aromatic ring is 1. The van der Waals surface area contributed by atoms with Crippen LogP contribution in [0.25, 0.3) is 0 Å². The zero-order valence-corrected chi connectivity index (χ0v) is 12.2. The van der Waals surface area contributed by atoms with Crippen molar-refractivity contribution in [2.75, 3.05) is 12.3 Å². The summed E-state index contributed by atoms with van der Waals surface area (Å²) in [5, 5.41) is 13.5. The number of aliphatic hydroxyl groups excluding tert-OH is 1. The van der Waals surface area contributed by atoms with E-state index in [0.717, 1.165) is 12.8 Å². The van der Waals surface area contributed by atoms with Crippen LogP contribution in [0.4, 0.5) is 5.82 Å². The lowest BCUT2D eigenvalue weighted by molar-refractivity contribution is 0.167. The zero-order chi connectivity index (χ0) is 14.5. The molecule has 0 aliphatic rings. The summed E-state index contributed by atoms with van der Waals surface area (Å²) < 4.78 is 27.9. The van der Waals surface area contributed by atoms with Gasteiger partial charge in [-0.1, -0.05) is 20.3 Å². The van der Waals surface area contributed by atoms with Crippen molar-refractivity contribution in [3.05, 3.63) is 6.20 Å². The molecule has 4 N–H and O–H groups in total. The molecule has 1 heterocycles. The van der Waals surface area contributed by atoms with E-state index in [1.165, 1.54) is 10.9 Å². The summed E-state index contributed by atoms with van der Waals surface area (Å²) in [5.41, 5.74) is 5.61. The Morgan fingerprint density at radius 3 is 2.74 bits per heavy atom. The lowest BCUT2D eigenvalue weighted by Crippen LogP contribution is -2.32. The van der Waals surface area contributed by atoms with Crippen molar-refractivity contribution < 1.29 is 13.5 Å². The van der Waals surface area contributed by atoms with Gasteiger partial charge in [-0.3, -0.25) is 4.68 Å². The third-order valence-electron chi connectivity index (χ3n) is 2.63. The van der Waals surface area contributed by atoms with Gasteiger partial charge in [0.15, 0.2) is 5.82 Å². The molecule has 0 radical (unpaired) electrons. The van der Waals surface area contributed by atoms with Crippen molar-refractivity contribution in [3.8, 4) is 0 Å². The smallest absolute Gasteiger partial charge is 0.245 e. The molecule has 0 spiro atoms. The minimum Gasteiger partial charge on any atom is -0.392 e. The second-order valence-electron chi connectivity index (χ2n) is 4.44. The van der Waals surface area contributed by atoms with Crippen LogP contribution in [0.3, 0.4) is 0 Å². The van der Waals surface area contributed by atoms with Crippen molar-refractivity contribution >= 4 is 15.8 Å². The Hall–Kier alpha value is -1.12. The van der Waals surface area contributed by atoms with Gasteiger partial charge in [-0.2, -0.15) is 5.10 Å². The molecular weight excluding hydrogens is 268 g/mol. The van der Waals surface area contributed by atoms with E-state index in [1.807, 2.05) is 13.8 Å². The van der Waals surface area contributed by atoms with Gasteiger partial charge in [0.1, 0.15) is 4.90 Å². The largest absolute Gasteiger partial charge is 0.392 e. The lowest BCUT2D eigenvalue weighted by atomic mass is 10.2. The molecule has 0 aliphatic carbocycles. The molecule has 0 bridgehead atoms. The van der Waals surface area contributed by atoms with E-state index >= 15 is 0 Å². The van der Waals surface area contributed by atoms with E-state index < -0.39 is 16.1 Å². The third-order valence-corrected chi connectivity index (χ3v) is 4.07. The molecule has 110 valence electrons. The van der Waals surface area contributed by atoms with Crippen molar-refractivity contribution in [2.24, 2.45) is 0 Å². The van der Waals surface area contributed by atoms with Crippen LogP contribution in [0.5, 0.6) is 0 Å². The van der Waals surface area contributed by atoms with Gasteiger partial charge in [0, 0.05) is 19.3 Å². The first-order valence-electron chi connectivity index (χ1n) is 6.41. The Bertz CT molecular complexity index is 498. The average Bonchev–Trinajstić information content (AvgIpc) is 2.70. The molecule has 8 heteroatoms. The quantitative estimate of drug-likeness (QED) is 0.638. The number of rotatable bonds is 8. The Morgan fingerprint density at radius 2 is 2.16 bits per heavy atom. The summed E-state index contributed by atoms with van der Waals surface area (Å²) in [6.45, 7) is 4.47. The van der Waals surface area contributed by atoms with Crippen LogP contribution in [0.15, 0.2) is 11.1 Å². The second-order valence-corrected chi connectivity index (χ2v) is 6.17. The Morgan fingerprint density at radius 1 is 1.47 bits per heavy atom. The maximum absolute atomic E-state index is 12.0. The maximum Gasteiger partial charge on any atom is 0.245 e. The topological polar surface area (TPSA) is 110 Å². The minimum atomic E-state index is -3.72. The standard InChI is InChI=1S/C11H22N4O3S/c1-3-5-9(16)7-13-19(17,18)10-8-15(6-4-2)14-11(10)12/h8-9,13,16H,3-7H2,1-2H3,(H2,12,14). The molecular formula is C11H22N4O3S. The molecule has 19 heavy (non-hydrogen) atoms. The highest BCUT2D eigenvalue weighted by Gasteiger charge is 2.21. The van der Waals surface area contributed by atoms with Crippen molar-refractivity contribution in [2.45, 2.75) is 50.7 Å². The fourth-order valence-corrected chi connectivity index (χ4v) is 2.83. The predicted octanol–water partition coefficient (Wildman–Crippen LogP) is 0.315. The number of nitrogens with one attached hydrogen (secondary N) is 1. The monoisotopic (exact) mass is 290 g/mol. The van der Waals surface area contributed by atoms with Crippen LogP contribution < -0.4 is 10.5 Å². The van der Waals surface area contributed by atoms with E-state index in [0.29, 0.717) is 13.0 Å². The number of aromatic nitrogens is 2. The molecule has 1 atom stereocenters. The fraction of sp³-hybridized carbons (Fsp3) is 0.727. The van der Waals surface area contributed by atoms with Gasteiger partial charge in [-0.15, -0.1) is 0 Å². The van der Waals surface area contributed by atoms with Gasteiger partial charge in [0.25, 0.3) is 0 Å². The van der Waals surface area contributed by atoms with E-state index in [2.05, 4.69) is 9.82 Å². The molecule has 1 aromatic rings. The summed E-state index contributed by atoms with van der Waals surface area (Å²) in [4.78, 5) is -0.0374. The minimum absolute atomic E-state index is 0.0193. The van der Waals surface area contributed by atoms with E-state index in [4.69, 9.17) is 5.73 Å². The number of anilines is 1. The van der Waals surface area contributed by atoms with Crippen LogP contribution in [-0.4, -0.2) is 36.0 Å². The lowest BCUT2D eigenvalue weighted by Gasteiger charge is -2.10. The molecule has 0 saturated carbocycles. The van der Waals surface area contributed by atoms with E-state index in [1.54, 1.807) is 0 Å². The van der Waals surface area contributed by atoms with E-state index in [9.17, 15) is 13.5 Å². The molecule has 0 fully saturated rings. The highest BCUT2D eigenvalue weighted by atomic mass is 32.2. The number of hydrogen-bond acceptors (Lipinski definition) is 5. The van der Waals surface area contributed by atoms with Gasteiger partial charge in [0.2, 0.25) is 10.0 Å². The summed E-state index contributed by atoms with van der Waals surface area (Å²) >= 11 is 0. The number of nitrogens with zero attached hydrogens (tertiary/aromatic N) is 2. The van der Waals surface area contributed by atoms with Crippen molar-refractivity contribution in [1.29, 1.82) is 0 Å². The number of aliphatic hydroxyl groups is 1. The summed E-state index contributed by atoms with van der Waals surface area (Å²) in [6.07, 6.45) is 2.90. The summed E-state index contributed by atoms with van der Waals surface area (Å²) in [7, 11) is -3.72. The molecule has 1 rings (SSSR count). The molecule has 1 aromatic heterocycles. The zero-order valence-electron chi connectivity index (χ0n) is 11.3. The number of sulfonamides is 1. The van der Waals surface area contributed by atoms with Crippen molar-refractivity contribution in [3.63, 3.8) is 0 Å². The normalized spacial score (nSPS) is 13.6. The van der Waals surface area contributed by atoms with Crippen LogP contribution in [-0.2, 0) is 16.6 Å². The SMILES string of the molecule is CCCC(O)CNS(=O)(=O)c1cn(CCC)nc1N. The Balaban J connectivity index is 2.76. The van der Waals surface area contributed by atoms with Crippen molar-refractivity contribution in [1.82, 2.24) is 14.5 Å². The fourth-order valence-electron chi connectivity index (χ4n) is 1.69. The van der Waals surface area contributed by atoms with Gasteiger partial charge >= 0.3 is 0 Å². The molecule has 0 amide bonds. The van der Waals surface area contributed by atoms with Gasteiger partial charge in [-0.25, -0.2) is 13.1 Å². The van der Waals surface area contributed by atoms with Gasteiger partial charge in [-0.05, 0) is 12.8 Å². The molecule has 0 aliphatic heterocycles. The summed E-state index contributed by atoms with van der Waals surface area (Å²) in [5.74, 6) is -0.0223. The number of hydrogen-bond donors (Lipinski definition) is 3. The van der Waals surface area contributed by atoms with Crippen LogP contribution in [0.2, 0.25) is 0 Å². The van der Waals surface area contributed by atoms with E-state index in [-0.39, 0.29) is 17.3 Å². The average molecular weight is 290 g/mol. The highest BCUT2D eigenvalue weighted by Crippen LogP contribution is 2.16.